The third kappa shape index (κ3) is 2.24. The Kier molecular flexibility index (Phi) is 3.77. The van der Waals surface area contributed by atoms with Gasteiger partial charge >= 0.3 is 0 Å². The van der Waals surface area contributed by atoms with Crippen molar-refractivity contribution in [3.63, 3.8) is 0 Å². The van der Waals surface area contributed by atoms with Gasteiger partial charge in [-0.05, 0) is 19.8 Å². The standard InChI is InChI=1S/C11H19NO/c1-3-4-7-10(12)11(13-2)8-5-6-9-11/h10H,5-9,12H2,1-2H3. The van der Waals surface area contributed by atoms with Crippen LogP contribution in [0.1, 0.15) is 39.0 Å². The zero-order chi connectivity index (χ0) is 9.73. The first-order chi connectivity index (χ1) is 6.25. The van der Waals surface area contributed by atoms with Crippen molar-refractivity contribution in [2.45, 2.75) is 50.7 Å². The molecule has 1 fully saturated rings. The molecule has 1 unspecified atom stereocenters. The predicted molar refractivity (Wildman–Crippen MR) is 54.3 cm³/mol. The van der Waals surface area contributed by atoms with Crippen molar-refractivity contribution in [3.05, 3.63) is 0 Å². The molecule has 0 bridgehead atoms. The Morgan fingerprint density at radius 1 is 1.46 bits per heavy atom. The van der Waals surface area contributed by atoms with Gasteiger partial charge in [-0.1, -0.05) is 12.8 Å². The van der Waals surface area contributed by atoms with Crippen LogP contribution in [0.25, 0.3) is 0 Å². The third-order valence-corrected chi connectivity index (χ3v) is 3.03. The minimum atomic E-state index is -0.0795. The molecule has 1 aliphatic rings. The van der Waals surface area contributed by atoms with Crippen molar-refractivity contribution in [3.8, 4) is 11.8 Å². The highest BCUT2D eigenvalue weighted by Crippen LogP contribution is 2.35. The Morgan fingerprint density at radius 2 is 2.08 bits per heavy atom. The minimum Gasteiger partial charge on any atom is -0.377 e. The van der Waals surface area contributed by atoms with Crippen molar-refractivity contribution < 1.29 is 4.74 Å². The summed E-state index contributed by atoms with van der Waals surface area (Å²) in [6.45, 7) is 1.85. The van der Waals surface area contributed by atoms with E-state index >= 15 is 0 Å². The number of hydrogen-bond donors (Lipinski definition) is 1. The maximum atomic E-state index is 6.08. The van der Waals surface area contributed by atoms with Crippen molar-refractivity contribution in [2.24, 2.45) is 5.73 Å². The van der Waals surface area contributed by atoms with Crippen LogP contribution < -0.4 is 5.73 Å². The molecule has 1 saturated carbocycles. The molecular weight excluding hydrogens is 162 g/mol. The normalized spacial score (nSPS) is 22.1. The molecule has 2 N–H and O–H groups in total. The van der Waals surface area contributed by atoms with Crippen LogP contribution in [0.2, 0.25) is 0 Å². The fraction of sp³-hybridized carbons (Fsp3) is 0.818. The lowest BCUT2D eigenvalue weighted by atomic mass is 9.90. The van der Waals surface area contributed by atoms with Crippen molar-refractivity contribution >= 4 is 0 Å². The molecular formula is C11H19NO. The lowest BCUT2D eigenvalue weighted by Crippen LogP contribution is -2.47. The van der Waals surface area contributed by atoms with Crippen LogP contribution in [0.15, 0.2) is 0 Å². The zero-order valence-corrected chi connectivity index (χ0v) is 8.60. The van der Waals surface area contributed by atoms with Gasteiger partial charge in [0, 0.05) is 19.6 Å². The summed E-state index contributed by atoms with van der Waals surface area (Å²) in [6.07, 6.45) is 5.42. The summed E-state index contributed by atoms with van der Waals surface area (Å²) >= 11 is 0. The molecule has 13 heavy (non-hydrogen) atoms. The van der Waals surface area contributed by atoms with E-state index in [1.807, 2.05) is 6.92 Å². The lowest BCUT2D eigenvalue weighted by molar-refractivity contribution is -0.0242. The summed E-state index contributed by atoms with van der Waals surface area (Å²) in [5.74, 6) is 5.91. The molecule has 1 aliphatic carbocycles. The van der Waals surface area contributed by atoms with E-state index in [0.717, 1.165) is 19.3 Å². The Balaban J connectivity index is 2.57. The summed E-state index contributed by atoms with van der Waals surface area (Å²) in [4.78, 5) is 0. The van der Waals surface area contributed by atoms with E-state index in [2.05, 4.69) is 11.8 Å². The molecule has 0 aromatic heterocycles. The Labute approximate surface area is 80.8 Å². The van der Waals surface area contributed by atoms with Crippen LogP contribution >= 0.6 is 0 Å². The van der Waals surface area contributed by atoms with E-state index in [4.69, 9.17) is 10.5 Å². The van der Waals surface area contributed by atoms with Gasteiger partial charge in [0.15, 0.2) is 0 Å². The molecule has 1 atom stereocenters. The molecule has 74 valence electrons. The largest absolute Gasteiger partial charge is 0.377 e. The first kappa shape index (κ1) is 10.6. The average Bonchev–Trinajstić information content (AvgIpc) is 2.63. The molecule has 0 radical (unpaired) electrons. The SMILES string of the molecule is CC#CCC(N)C1(OC)CCCC1. The lowest BCUT2D eigenvalue weighted by Gasteiger charge is -2.32. The molecule has 0 aromatic rings. The van der Waals surface area contributed by atoms with Crippen LogP contribution in [0.5, 0.6) is 0 Å². The number of ether oxygens (including phenoxy) is 1. The predicted octanol–water partition coefficient (Wildman–Crippen LogP) is 1.69. The van der Waals surface area contributed by atoms with E-state index < -0.39 is 0 Å². The van der Waals surface area contributed by atoms with Crippen molar-refractivity contribution in [2.75, 3.05) is 7.11 Å². The number of rotatable bonds is 3. The molecule has 0 amide bonds. The molecule has 0 saturated heterocycles. The van der Waals surface area contributed by atoms with Gasteiger partial charge in [0.05, 0.1) is 5.60 Å². The first-order valence-electron chi connectivity index (χ1n) is 4.95. The summed E-state index contributed by atoms with van der Waals surface area (Å²) in [6, 6.07) is 0.0763. The number of methoxy groups -OCH3 is 1. The van der Waals surface area contributed by atoms with Gasteiger partial charge < -0.3 is 10.5 Å². The molecule has 0 aliphatic heterocycles. The van der Waals surface area contributed by atoms with Gasteiger partial charge in [-0.15, -0.1) is 11.8 Å². The van der Waals surface area contributed by atoms with Gasteiger partial charge in [-0.3, -0.25) is 0 Å². The smallest absolute Gasteiger partial charge is 0.0838 e. The Morgan fingerprint density at radius 3 is 2.54 bits per heavy atom. The summed E-state index contributed by atoms with van der Waals surface area (Å²) in [7, 11) is 1.77. The monoisotopic (exact) mass is 181 g/mol. The topological polar surface area (TPSA) is 35.2 Å². The van der Waals surface area contributed by atoms with Crippen LogP contribution in [0, 0.1) is 11.8 Å². The van der Waals surface area contributed by atoms with E-state index in [-0.39, 0.29) is 11.6 Å². The quantitative estimate of drug-likeness (QED) is 0.672. The fourth-order valence-electron chi connectivity index (χ4n) is 2.10. The van der Waals surface area contributed by atoms with Gasteiger partial charge in [0.2, 0.25) is 0 Å². The van der Waals surface area contributed by atoms with E-state index in [9.17, 15) is 0 Å². The van der Waals surface area contributed by atoms with E-state index in [1.54, 1.807) is 7.11 Å². The highest BCUT2D eigenvalue weighted by Gasteiger charge is 2.39. The third-order valence-electron chi connectivity index (χ3n) is 3.03. The van der Waals surface area contributed by atoms with Gasteiger partial charge in [-0.25, -0.2) is 0 Å². The summed E-state index contributed by atoms with van der Waals surface area (Å²) in [5, 5.41) is 0. The summed E-state index contributed by atoms with van der Waals surface area (Å²) in [5.41, 5.74) is 6.00. The van der Waals surface area contributed by atoms with Crippen molar-refractivity contribution in [1.82, 2.24) is 0 Å². The van der Waals surface area contributed by atoms with Gasteiger partial charge in [0.1, 0.15) is 0 Å². The minimum absolute atomic E-state index is 0.0763. The molecule has 0 spiro atoms. The van der Waals surface area contributed by atoms with E-state index in [1.165, 1.54) is 12.8 Å². The van der Waals surface area contributed by atoms with Crippen LogP contribution in [-0.4, -0.2) is 18.8 Å². The second kappa shape index (κ2) is 4.64. The highest BCUT2D eigenvalue weighted by molar-refractivity contribution is 5.04. The highest BCUT2D eigenvalue weighted by atomic mass is 16.5. The molecule has 2 heteroatoms. The first-order valence-corrected chi connectivity index (χ1v) is 4.95. The van der Waals surface area contributed by atoms with Crippen LogP contribution in [0.3, 0.4) is 0 Å². The molecule has 0 aromatic carbocycles. The average molecular weight is 181 g/mol. The molecule has 2 nitrogen and oxygen atoms in total. The second-order valence-corrected chi connectivity index (χ2v) is 3.71. The Bertz CT molecular complexity index is 208. The van der Waals surface area contributed by atoms with Crippen LogP contribution in [-0.2, 0) is 4.74 Å². The van der Waals surface area contributed by atoms with Gasteiger partial charge in [-0.2, -0.15) is 0 Å². The maximum Gasteiger partial charge on any atom is 0.0838 e. The number of nitrogens with two attached hydrogens (primary N) is 1. The molecule has 1 rings (SSSR count). The van der Waals surface area contributed by atoms with Gasteiger partial charge in [0.25, 0.3) is 0 Å². The second-order valence-electron chi connectivity index (χ2n) is 3.71. The maximum absolute atomic E-state index is 6.08. The summed E-state index contributed by atoms with van der Waals surface area (Å²) < 4.78 is 5.56. The molecule has 0 heterocycles. The van der Waals surface area contributed by atoms with E-state index in [0.29, 0.717) is 0 Å². The van der Waals surface area contributed by atoms with Crippen molar-refractivity contribution in [1.29, 1.82) is 0 Å². The fourth-order valence-corrected chi connectivity index (χ4v) is 2.10. The Hall–Kier alpha value is -0.520. The van der Waals surface area contributed by atoms with Crippen LogP contribution in [0.4, 0.5) is 0 Å². The number of hydrogen-bond acceptors (Lipinski definition) is 2. The zero-order valence-electron chi connectivity index (χ0n) is 8.60.